The Labute approximate surface area is 161 Å². The summed E-state index contributed by atoms with van der Waals surface area (Å²) in [4.78, 5) is 24.6. The molecular formula is C21H29N3O3. The van der Waals surface area contributed by atoms with Gasteiger partial charge in [0.1, 0.15) is 0 Å². The minimum Gasteiger partial charge on any atom is -0.378 e. The van der Waals surface area contributed by atoms with Gasteiger partial charge in [-0.1, -0.05) is 44.2 Å². The third-order valence-corrected chi connectivity index (χ3v) is 5.19. The van der Waals surface area contributed by atoms with Gasteiger partial charge >= 0.3 is 0 Å². The number of ether oxygens (including phenoxy) is 1. The minimum atomic E-state index is -0.0943. The van der Waals surface area contributed by atoms with Crippen molar-refractivity contribution in [1.82, 2.24) is 10.3 Å². The zero-order valence-corrected chi connectivity index (χ0v) is 16.2. The lowest BCUT2D eigenvalue weighted by atomic mass is 9.95. The molecule has 0 spiro atoms. The Balaban J connectivity index is 1.44. The average Bonchev–Trinajstić information content (AvgIpc) is 3.17. The van der Waals surface area contributed by atoms with E-state index in [-0.39, 0.29) is 36.8 Å². The Morgan fingerprint density at radius 2 is 2.04 bits per heavy atom. The van der Waals surface area contributed by atoms with Crippen LogP contribution in [0.25, 0.3) is 0 Å². The molecule has 2 aliphatic heterocycles. The SMILES string of the molecule is CC(C)[C@@H]1C[C@H](NC(=O)CCC(=O)N2CCC(c3ccccc3)=N2)CCO1. The fourth-order valence-corrected chi connectivity index (χ4v) is 3.54. The van der Waals surface area contributed by atoms with E-state index < -0.39 is 0 Å². The number of hydrazone groups is 1. The van der Waals surface area contributed by atoms with Gasteiger partial charge in [0, 0.05) is 31.9 Å². The maximum atomic E-state index is 12.4. The molecule has 0 aliphatic carbocycles. The minimum absolute atomic E-state index is 0.0655. The molecule has 2 heterocycles. The van der Waals surface area contributed by atoms with Crippen LogP contribution >= 0.6 is 0 Å². The molecule has 2 amide bonds. The van der Waals surface area contributed by atoms with E-state index >= 15 is 0 Å². The van der Waals surface area contributed by atoms with Crippen molar-refractivity contribution in [3.63, 3.8) is 0 Å². The topological polar surface area (TPSA) is 71.0 Å². The van der Waals surface area contributed by atoms with Crippen molar-refractivity contribution in [1.29, 1.82) is 0 Å². The number of carbonyl (C=O) groups is 2. The first-order chi connectivity index (χ1) is 13.0. The van der Waals surface area contributed by atoms with E-state index in [0.29, 0.717) is 19.1 Å². The van der Waals surface area contributed by atoms with Crippen LogP contribution in [0.4, 0.5) is 0 Å². The van der Waals surface area contributed by atoms with Gasteiger partial charge in [-0.15, -0.1) is 0 Å². The van der Waals surface area contributed by atoms with Crippen LogP contribution in [0, 0.1) is 5.92 Å². The summed E-state index contributed by atoms with van der Waals surface area (Å²) in [5.41, 5.74) is 1.97. The molecule has 1 aromatic rings. The highest BCUT2D eigenvalue weighted by molar-refractivity contribution is 6.02. The summed E-state index contributed by atoms with van der Waals surface area (Å²) in [5, 5.41) is 8.99. The summed E-state index contributed by atoms with van der Waals surface area (Å²) in [5.74, 6) is 0.283. The first-order valence-electron chi connectivity index (χ1n) is 9.87. The number of carbonyl (C=O) groups excluding carboxylic acids is 2. The number of nitrogens with zero attached hydrogens (tertiary/aromatic N) is 2. The Hall–Kier alpha value is -2.21. The van der Waals surface area contributed by atoms with Gasteiger partial charge in [-0.25, -0.2) is 5.01 Å². The molecule has 1 fully saturated rings. The normalized spacial score (nSPS) is 22.6. The van der Waals surface area contributed by atoms with E-state index in [9.17, 15) is 9.59 Å². The Morgan fingerprint density at radius 1 is 1.26 bits per heavy atom. The fraction of sp³-hybridized carbons (Fsp3) is 0.571. The van der Waals surface area contributed by atoms with Gasteiger partial charge in [-0.3, -0.25) is 9.59 Å². The van der Waals surface area contributed by atoms with Crippen LogP contribution in [-0.2, 0) is 14.3 Å². The monoisotopic (exact) mass is 371 g/mol. The van der Waals surface area contributed by atoms with Gasteiger partial charge in [0.25, 0.3) is 0 Å². The molecule has 6 nitrogen and oxygen atoms in total. The molecule has 1 saturated heterocycles. The van der Waals surface area contributed by atoms with E-state index in [1.54, 1.807) is 0 Å². The quantitative estimate of drug-likeness (QED) is 0.836. The van der Waals surface area contributed by atoms with E-state index in [0.717, 1.165) is 30.5 Å². The first kappa shape index (κ1) is 19.5. The summed E-state index contributed by atoms with van der Waals surface area (Å²) < 4.78 is 5.74. The van der Waals surface area contributed by atoms with Crippen molar-refractivity contribution in [2.24, 2.45) is 11.0 Å². The maximum Gasteiger partial charge on any atom is 0.243 e. The van der Waals surface area contributed by atoms with Crippen LogP contribution in [0.2, 0.25) is 0 Å². The summed E-state index contributed by atoms with van der Waals surface area (Å²) in [6, 6.07) is 10.0. The molecule has 0 radical (unpaired) electrons. The summed E-state index contributed by atoms with van der Waals surface area (Å²) in [6.45, 7) is 5.53. The van der Waals surface area contributed by atoms with E-state index in [2.05, 4.69) is 24.3 Å². The van der Waals surface area contributed by atoms with E-state index in [4.69, 9.17) is 4.74 Å². The Morgan fingerprint density at radius 3 is 2.78 bits per heavy atom. The van der Waals surface area contributed by atoms with Crippen molar-refractivity contribution in [2.75, 3.05) is 13.2 Å². The van der Waals surface area contributed by atoms with Crippen LogP contribution in [0.3, 0.4) is 0 Å². The van der Waals surface area contributed by atoms with Crippen molar-refractivity contribution in [3.05, 3.63) is 35.9 Å². The molecule has 0 aromatic heterocycles. The van der Waals surface area contributed by atoms with Gasteiger partial charge in [0.05, 0.1) is 18.4 Å². The molecule has 2 atom stereocenters. The first-order valence-corrected chi connectivity index (χ1v) is 9.87. The van der Waals surface area contributed by atoms with Crippen molar-refractivity contribution in [3.8, 4) is 0 Å². The lowest BCUT2D eigenvalue weighted by molar-refractivity contribution is -0.133. The second-order valence-corrected chi connectivity index (χ2v) is 7.62. The lowest BCUT2D eigenvalue weighted by Crippen LogP contribution is -2.43. The molecule has 0 unspecified atom stereocenters. The Kier molecular flexibility index (Phi) is 6.61. The van der Waals surface area contributed by atoms with Gasteiger partial charge in [-0.05, 0) is 24.3 Å². The summed E-state index contributed by atoms with van der Waals surface area (Å²) in [6.07, 6.45) is 3.01. The van der Waals surface area contributed by atoms with E-state index in [1.807, 2.05) is 30.3 Å². The molecule has 146 valence electrons. The van der Waals surface area contributed by atoms with Gasteiger partial charge < -0.3 is 10.1 Å². The van der Waals surface area contributed by atoms with Crippen LogP contribution in [0.15, 0.2) is 35.4 Å². The number of hydrogen-bond acceptors (Lipinski definition) is 4. The third kappa shape index (κ3) is 5.39. The van der Waals surface area contributed by atoms with Crippen LogP contribution in [0.1, 0.15) is 51.5 Å². The third-order valence-electron chi connectivity index (χ3n) is 5.19. The Bertz CT molecular complexity index is 687. The average molecular weight is 371 g/mol. The molecular weight excluding hydrogens is 342 g/mol. The van der Waals surface area contributed by atoms with Gasteiger partial charge in [-0.2, -0.15) is 5.10 Å². The zero-order valence-electron chi connectivity index (χ0n) is 16.2. The molecule has 1 N–H and O–H groups in total. The van der Waals surface area contributed by atoms with Crippen molar-refractivity contribution >= 4 is 17.5 Å². The van der Waals surface area contributed by atoms with Crippen LogP contribution < -0.4 is 5.32 Å². The maximum absolute atomic E-state index is 12.4. The van der Waals surface area contributed by atoms with E-state index in [1.165, 1.54) is 5.01 Å². The predicted molar refractivity (Wildman–Crippen MR) is 104 cm³/mol. The highest BCUT2D eigenvalue weighted by Gasteiger charge is 2.26. The smallest absolute Gasteiger partial charge is 0.243 e. The molecule has 2 aliphatic rings. The second-order valence-electron chi connectivity index (χ2n) is 7.62. The van der Waals surface area contributed by atoms with Crippen molar-refractivity contribution < 1.29 is 14.3 Å². The molecule has 0 bridgehead atoms. The summed E-state index contributed by atoms with van der Waals surface area (Å²) >= 11 is 0. The van der Waals surface area contributed by atoms with Crippen LogP contribution in [-0.4, -0.2) is 47.8 Å². The largest absolute Gasteiger partial charge is 0.378 e. The number of benzene rings is 1. The molecule has 1 aromatic carbocycles. The highest BCUT2D eigenvalue weighted by Crippen LogP contribution is 2.20. The fourth-order valence-electron chi connectivity index (χ4n) is 3.54. The molecule has 27 heavy (non-hydrogen) atoms. The number of rotatable bonds is 6. The predicted octanol–water partition coefficient (Wildman–Crippen LogP) is 2.72. The van der Waals surface area contributed by atoms with Gasteiger partial charge in [0.2, 0.25) is 11.8 Å². The standard InChI is InChI=1S/C21H29N3O3/c1-15(2)19-14-17(11-13-27-19)22-20(25)8-9-21(26)24-12-10-18(23-24)16-6-4-3-5-7-16/h3-7,15,17,19H,8-14H2,1-2H3,(H,22,25)/t17-,19+/m1/s1. The zero-order chi connectivity index (χ0) is 19.2. The molecule has 3 rings (SSSR count). The molecule has 6 heteroatoms. The second kappa shape index (κ2) is 9.13. The van der Waals surface area contributed by atoms with Gasteiger partial charge in [0.15, 0.2) is 0 Å². The number of hydrogen-bond donors (Lipinski definition) is 1. The van der Waals surface area contributed by atoms with Crippen LogP contribution in [0.5, 0.6) is 0 Å². The molecule has 0 saturated carbocycles. The number of amides is 2. The summed E-state index contributed by atoms with van der Waals surface area (Å²) in [7, 11) is 0. The number of nitrogens with one attached hydrogen (secondary N) is 1. The van der Waals surface area contributed by atoms with Crippen molar-refractivity contribution in [2.45, 2.75) is 58.1 Å². The highest BCUT2D eigenvalue weighted by atomic mass is 16.5. The lowest BCUT2D eigenvalue weighted by Gasteiger charge is -2.32.